The van der Waals surface area contributed by atoms with E-state index in [1.165, 1.54) is 4.70 Å². The Hall–Kier alpha value is -2.98. The minimum Gasteiger partial charge on any atom is -0.326 e. The molecule has 3 nitrogen and oxygen atoms in total. The van der Waals surface area contributed by atoms with Crippen molar-refractivity contribution in [2.24, 2.45) is 0 Å². The summed E-state index contributed by atoms with van der Waals surface area (Å²) in [5.41, 5.74) is 3.93. The predicted octanol–water partition coefficient (Wildman–Crippen LogP) is 6.10. The first-order chi connectivity index (χ1) is 13.2. The number of anilines is 1. The van der Waals surface area contributed by atoms with Gasteiger partial charge in [-0.3, -0.25) is 4.79 Å². The first kappa shape index (κ1) is 17.4. The Kier molecular flexibility index (Phi) is 4.99. The van der Waals surface area contributed by atoms with E-state index in [9.17, 15) is 4.79 Å². The van der Waals surface area contributed by atoms with E-state index in [1.807, 2.05) is 79.7 Å². The molecule has 0 aliphatic carbocycles. The summed E-state index contributed by atoms with van der Waals surface area (Å²) in [4.78, 5) is 17.4. The summed E-state index contributed by atoms with van der Waals surface area (Å²) >= 11 is 1.68. The molecule has 0 saturated carbocycles. The third kappa shape index (κ3) is 3.76. The van der Waals surface area contributed by atoms with Crippen molar-refractivity contribution in [3.8, 4) is 10.6 Å². The summed E-state index contributed by atoms with van der Waals surface area (Å²) in [7, 11) is 0. The van der Waals surface area contributed by atoms with Gasteiger partial charge >= 0.3 is 0 Å². The van der Waals surface area contributed by atoms with Crippen LogP contribution in [-0.4, -0.2) is 10.9 Å². The highest BCUT2D eigenvalue weighted by Gasteiger charge is 2.18. The topological polar surface area (TPSA) is 42.0 Å². The first-order valence-corrected chi connectivity index (χ1v) is 9.88. The van der Waals surface area contributed by atoms with Gasteiger partial charge in [-0.2, -0.15) is 0 Å². The maximum atomic E-state index is 12.7. The standard InChI is InChI=1S/C23H20N2OS/c1-2-19(16-8-4-3-5-9-16)22(26)24-18-14-12-17(13-15-18)23-25-20-10-6-7-11-21(20)27-23/h3-15,19H,2H2,1H3,(H,24,26). The molecule has 4 heteroatoms. The molecule has 1 unspecified atom stereocenters. The zero-order valence-electron chi connectivity index (χ0n) is 15.1. The molecule has 0 radical (unpaired) electrons. The number of carbonyl (C=O) groups is 1. The van der Waals surface area contributed by atoms with Crippen molar-refractivity contribution < 1.29 is 4.79 Å². The first-order valence-electron chi connectivity index (χ1n) is 9.06. The van der Waals surface area contributed by atoms with Crippen molar-refractivity contribution in [2.45, 2.75) is 19.3 Å². The molecular formula is C23H20N2OS. The molecule has 3 aromatic carbocycles. The van der Waals surface area contributed by atoms with Crippen molar-refractivity contribution >= 4 is 33.1 Å². The highest BCUT2D eigenvalue weighted by Crippen LogP contribution is 2.31. The monoisotopic (exact) mass is 372 g/mol. The van der Waals surface area contributed by atoms with Crippen LogP contribution in [0.2, 0.25) is 0 Å². The summed E-state index contributed by atoms with van der Waals surface area (Å²) in [6, 6.07) is 26.0. The quantitative estimate of drug-likeness (QED) is 0.460. The van der Waals surface area contributed by atoms with E-state index in [-0.39, 0.29) is 11.8 Å². The molecule has 1 heterocycles. The van der Waals surface area contributed by atoms with Gasteiger partial charge in [-0.15, -0.1) is 11.3 Å². The summed E-state index contributed by atoms with van der Waals surface area (Å²) < 4.78 is 1.18. The van der Waals surface area contributed by atoms with Crippen LogP contribution < -0.4 is 5.32 Å². The fourth-order valence-corrected chi connectivity index (χ4v) is 4.15. The lowest BCUT2D eigenvalue weighted by molar-refractivity contribution is -0.117. The second-order valence-corrected chi connectivity index (χ2v) is 7.46. The molecule has 4 rings (SSSR count). The lowest BCUT2D eigenvalue weighted by atomic mass is 9.95. The van der Waals surface area contributed by atoms with Gasteiger partial charge in [0, 0.05) is 11.3 Å². The Labute approximate surface area is 162 Å². The van der Waals surface area contributed by atoms with Gasteiger partial charge < -0.3 is 5.32 Å². The van der Waals surface area contributed by atoms with E-state index in [0.717, 1.165) is 33.8 Å². The number of hydrogen-bond donors (Lipinski definition) is 1. The van der Waals surface area contributed by atoms with Gasteiger partial charge in [0.15, 0.2) is 0 Å². The van der Waals surface area contributed by atoms with Gasteiger partial charge in [0.2, 0.25) is 5.91 Å². The number of aromatic nitrogens is 1. The minimum absolute atomic E-state index is 0.0245. The van der Waals surface area contributed by atoms with Crippen LogP contribution in [0.1, 0.15) is 24.8 Å². The second kappa shape index (κ2) is 7.72. The van der Waals surface area contributed by atoms with Crippen molar-refractivity contribution in [3.63, 3.8) is 0 Å². The number of carbonyl (C=O) groups excluding carboxylic acids is 1. The number of rotatable bonds is 5. The van der Waals surface area contributed by atoms with E-state index in [1.54, 1.807) is 11.3 Å². The fraction of sp³-hybridized carbons (Fsp3) is 0.130. The lowest BCUT2D eigenvalue weighted by Gasteiger charge is -2.15. The van der Waals surface area contributed by atoms with Crippen molar-refractivity contribution in [2.75, 3.05) is 5.32 Å². The second-order valence-electron chi connectivity index (χ2n) is 6.42. The van der Waals surface area contributed by atoms with Gasteiger partial charge in [-0.05, 0) is 48.4 Å². The number of thiazole rings is 1. The Morgan fingerprint density at radius 1 is 0.963 bits per heavy atom. The largest absolute Gasteiger partial charge is 0.326 e. The molecule has 0 saturated heterocycles. The number of nitrogens with one attached hydrogen (secondary N) is 1. The Morgan fingerprint density at radius 3 is 2.37 bits per heavy atom. The highest BCUT2D eigenvalue weighted by molar-refractivity contribution is 7.21. The van der Waals surface area contributed by atoms with Crippen LogP contribution >= 0.6 is 11.3 Å². The van der Waals surface area contributed by atoms with E-state index in [0.29, 0.717) is 0 Å². The zero-order valence-corrected chi connectivity index (χ0v) is 15.9. The Bertz CT molecular complexity index is 1020. The number of hydrogen-bond acceptors (Lipinski definition) is 3. The number of benzene rings is 3. The van der Waals surface area contributed by atoms with Crippen LogP contribution in [0.3, 0.4) is 0 Å². The maximum Gasteiger partial charge on any atom is 0.231 e. The number of para-hydroxylation sites is 1. The van der Waals surface area contributed by atoms with Gasteiger partial charge in [0.25, 0.3) is 0 Å². The smallest absolute Gasteiger partial charge is 0.231 e. The highest BCUT2D eigenvalue weighted by atomic mass is 32.1. The van der Waals surface area contributed by atoms with Gasteiger partial charge in [-0.1, -0.05) is 49.4 Å². The normalized spacial score (nSPS) is 12.0. The Morgan fingerprint density at radius 2 is 1.67 bits per heavy atom. The molecule has 0 aliphatic heterocycles. The van der Waals surface area contributed by atoms with Gasteiger partial charge in [0.05, 0.1) is 16.1 Å². The average molecular weight is 372 g/mol. The Balaban J connectivity index is 1.51. The molecular weight excluding hydrogens is 352 g/mol. The molecule has 0 spiro atoms. The van der Waals surface area contributed by atoms with Crippen molar-refractivity contribution in [3.05, 3.63) is 84.4 Å². The summed E-state index contributed by atoms with van der Waals surface area (Å²) in [6.07, 6.45) is 0.764. The molecule has 1 aromatic heterocycles. The molecule has 0 fully saturated rings. The van der Waals surface area contributed by atoms with Crippen LogP contribution in [0.5, 0.6) is 0 Å². The van der Waals surface area contributed by atoms with Gasteiger partial charge in [-0.25, -0.2) is 4.98 Å². The molecule has 0 bridgehead atoms. The predicted molar refractivity (Wildman–Crippen MR) is 113 cm³/mol. The fourth-order valence-electron chi connectivity index (χ4n) is 3.18. The summed E-state index contributed by atoms with van der Waals surface area (Å²) in [5, 5.41) is 4.03. The van der Waals surface area contributed by atoms with Crippen LogP contribution in [0, 0.1) is 0 Å². The minimum atomic E-state index is -0.143. The molecule has 1 N–H and O–H groups in total. The van der Waals surface area contributed by atoms with Crippen molar-refractivity contribution in [1.82, 2.24) is 4.98 Å². The van der Waals surface area contributed by atoms with Gasteiger partial charge in [0.1, 0.15) is 5.01 Å². The molecule has 134 valence electrons. The molecule has 0 aliphatic rings. The third-order valence-corrected chi connectivity index (χ3v) is 5.71. The third-order valence-electron chi connectivity index (χ3n) is 4.62. The SMILES string of the molecule is CCC(C(=O)Nc1ccc(-c2nc3ccccc3s2)cc1)c1ccccc1. The van der Waals surface area contributed by atoms with Crippen LogP contribution in [0.25, 0.3) is 20.8 Å². The zero-order chi connectivity index (χ0) is 18.6. The van der Waals surface area contributed by atoms with Crippen molar-refractivity contribution in [1.29, 1.82) is 0 Å². The molecule has 27 heavy (non-hydrogen) atoms. The molecule has 1 atom stereocenters. The molecule has 1 amide bonds. The average Bonchev–Trinajstić information content (AvgIpc) is 3.14. The van der Waals surface area contributed by atoms with E-state index in [4.69, 9.17) is 0 Å². The lowest BCUT2D eigenvalue weighted by Crippen LogP contribution is -2.20. The number of fused-ring (bicyclic) bond motifs is 1. The number of amides is 1. The summed E-state index contributed by atoms with van der Waals surface area (Å²) in [6.45, 7) is 2.04. The maximum absolute atomic E-state index is 12.7. The van der Waals surface area contributed by atoms with E-state index >= 15 is 0 Å². The van der Waals surface area contributed by atoms with E-state index in [2.05, 4.69) is 16.4 Å². The van der Waals surface area contributed by atoms with Crippen LogP contribution in [0.4, 0.5) is 5.69 Å². The van der Waals surface area contributed by atoms with Crippen LogP contribution in [0.15, 0.2) is 78.9 Å². The number of nitrogens with zero attached hydrogens (tertiary/aromatic N) is 1. The van der Waals surface area contributed by atoms with Crippen LogP contribution in [-0.2, 0) is 4.79 Å². The summed E-state index contributed by atoms with van der Waals surface area (Å²) in [5.74, 6) is -0.119. The van der Waals surface area contributed by atoms with E-state index < -0.39 is 0 Å². The molecule has 4 aromatic rings.